The van der Waals surface area contributed by atoms with E-state index in [1.54, 1.807) is 12.1 Å². The van der Waals surface area contributed by atoms with E-state index in [-0.39, 0.29) is 17.8 Å². The van der Waals surface area contributed by atoms with Crippen LogP contribution in [0.1, 0.15) is 11.5 Å². The summed E-state index contributed by atoms with van der Waals surface area (Å²) in [5.41, 5.74) is 6.49. The molecule has 1 saturated carbocycles. The Morgan fingerprint density at radius 1 is 1.27 bits per heavy atom. The van der Waals surface area contributed by atoms with Crippen molar-refractivity contribution in [3.8, 4) is 0 Å². The summed E-state index contributed by atoms with van der Waals surface area (Å²) in [6, 6.07) is 5.46. The van der Waals surface area contributed by atoms with Crippen LogP contribution in [-0.4, -0.2) is 26.0 Å². The standard InChI is InChI=1S/C10H12FNO2S/c1-15(13,14)10-8(9(10)12)6-2-4-7(11)5-3-6/h2-5,8-10H,12H2,1H3/t8-,9+,10+/m1/s1. The van der Waals surface area contributed by atoms with Crippen LogP contribution in [0.25, 0.3) is 0 Å². The summed E-state index contributed by atoms with van der Waals surface area (Å²) in [4.78, 5) is 0. The first-order chi connectivity index (χ1) is 6.91. The van der Waals surface area contributed by atoms with E-state index in [1.807, 2.05) is 0 Å². The number of sulfone groups is 1. The minimum absolute atomic E-state index is 0.180. The van der Waals surface area contributed by atoms with Crippen LogP contribution in [0.15, 0.2) is 24.3 Å². The predicted molar refractivity (Wildman–Crippen MR) is 55.7 cm³/mol. The van der Waals surface area contributed by atoms with E-state index < -0.39 is 15.1 Å². The predicted octanol–water partition coefficient (Wildman–Crippen LogP) is 0.663. The summed E-state index contributed by atoms with van der Waals surface area (Å²) in [5.74, 6) is -0.510. The van der Waals surface area contributed by atoms with Crippen LogP contribution in [0, 0.1) is 5.82 Å². The maximum absolute atomic E-state index is 12.6. The number of hydrogen-bond acceptors (Lipinski definition) is 3. The minimum atomic E-state index is -3.11. The van der Waals surface area contributed by atoms with Crippen LogP contribution in [0.3, 0.4) is 0 Å². The second-order valence-electron chi connectivity index (χ2n) is 3.95. The average Bonchev–Trinajstić information content (AvgIpc) is 2.78. The van der Waals surface area contributed by atoms with Gasteiger partial charge in [-0.25, -0.2) is 12.8 Å². The molecule has 1 aliphatic carbocycles. The van der Waals surface area contributed by atoms with Gasteiger partial charge in [0.25, 0.3) is 0 Å². The number of benzene rings is 1. The molecule has 2 N–H and O–H groups in total. The summed E-state index contributed by atoms with van der Waals surface area (Å²) in [5, 5.41) is -0.511. The Morgan fingerprint density at radius 3 is 2.20 bits per heavy atom. The van der Waals surface area contributed by atoms with Crippen molar-refractivity contribution >= 4 is 9.84 Å². The molecule has 82 valence electrons. The van der Waals surface area contributed by atoms with Crippen molar-refractivity contribution in [3.63, 3.8) is 0 Å². The molecule has 1 aromatic carbocycles. The van der Waals surface area contributed by atoms with E-state index in [2.05, 4.69) is 0 Å². The van der Waals surface area contributed by atoms with Gasteiger partial charge in [-0.05, 0) is 17.7 Å². The molecule has 0 aromatic heterocycles. The Morgan fingerprint density at radius 2 is 1.80 bits per heavy atom. The molecule has 1 fully saturated rings. The third kappa shape index (κ3) is 1.89. The van der Waals surface area contributed by atoms with E-state index in [0.29, 0.717) is 0 Å². The summed E-state index contributed by atoms with van der Waals surface area (Å²) in [6.45, 7) is 0. The molecule has 1 aromatic rings. The van der Waals surface area contributed by atoms with Gasteiger partial charge >= 0.3 is 0 Å². The molecule has 0 bridgehead atoms. The zero-order chi connectivity index (χ0) is 11.2. The van der Waals surface area contributed by atoms with E-state index in [9.17, 15) is 12.8 Å². The topological polar surface area (TPSA) is 60.2 Å². The Kier molecular flexibility index (Phi) is 2.31. The van der Waals surface area contributed by atoms with Gasteiger partial charge in [0.2, 0.25) is 0 Å². The Bertz CT molecular complexity index is 469. The summed E-state index contributed by atoms with van der Waals surface area (Å²) in [6.07, 6.45) is 1.18. The first-order valence-corrected chi connectivity index (χ1v) is 6.56. The fourth-order valence-corrected chi connectivity index (χ4v) is 3.47. The van der Waals surface area contributed by atoms with Gasteiger partial charge in [-0.2, -0.15) is 0 Å². The zero-order valence-electron chi connectivity index (χ0n) is 8.22. The highest BCUT2D eigenvalue weighted by Crippen LogP contribution is 2.44. The molecule has 0 saturated heterocycles. The average molecular weight is 229 g/mol. The maximum atomic E-state index is 12.6. The van der Waals surface area contributed by atoms with Crippen LogP contribution >= 0.6 is 0 Å². The molecule has 0 unspecified atom stereocenters. The molecule has 0 radical (unpaired) electrons. The maximum Gasteiger partial charge on any atom is 0.152 e. The van der Waals surface area contributed by atoms with Crippen molar-refractivity contribution in [1.29, 1.82) is 0 Å². The number of halogens is 1. The molecule has 0 aliphatic heterocycles. The van der Waals surface area contributed by atoms with E-state index in [4.69, 9.17) is 5.73 Å². The van der Waals surface area contributed by atoms with Crippen molar-refractivity contribution in [2.75, 3.05) is 6.26 Å². The fraction of sp³-hybridized carbons (Fsp3) is 0.400. The molecular weight excluding hydrogens is 217 g/mol. The van der Waals surface area contributed by atoms with Gasteiger partial charge in [0.15, 0.2) is 9.84 Å². The molecule has 2 rings (SSSR count). The third-order valence-electron chi connectivity index (χ3n) is 2.76. The van der Waals surface area contributed by atoms with Crippen LogP contribution in [0.4, 0.5) is 4.39 Å². The normalized spacial score (nSPS) is 30.2. The summed E-state index contributed by atoms with van der Waals surface area (Å²) in [7, 11) is -3.11. The van der Waals surface area contributed by atoms with E-state index >= 15 is 0 Å². The lowest BCUT2D eigenvalue weighted by molar-refractivity contribution is 0.599. The van der Waals surface area contributed by atoms with Crippen molar-refractivity contribution in [2.45, 2.75) is 17.2 Å². The quantitative estimate of drug-likeness (QED) is 0.810. The molecule has 0 amide bonds. The molecule has 3 nitrogen and oxygen atoms in total. The van der Waals surface area contributed by atoms with Gasteiger partial charge in [0, 0.05) is 18.2 Å². The fourth-order valence-electron chi connectivity index (χ4n) is 1.95. The van der Waals surface area contributed by atoms with Crippen LogP contribution < -0.4 is 5.73 Å². The molecular formula is C10H12FNO2S. The molecule has 0 heterocycles. The lowest BCUT2D eigenvalue weighted by Crippen LogP contribution is -2.13. The summed E-state index contributed by atoms with van der Waals surface area (Å²) < 4.78 is 35.3. The second kappa shape index (κ2) is 3.28. The SMILES string of the molecule is CS(=O)(=O)[C@@H]1[C@@H](N)[C@H]1c1ccc(F)cc1. The van der Waals surface area contributed by atoms with E-state index in [0.717, 1.165) is 5.56 Å². The van der Waals surface area contributed by atoms with Gasteiger partial charge in [-0.15, -0.1) is 0 Å². The van der Waals surface area contributed by atoms with Crippen molar-refractivity contribution in [3.05, 3.63) is 35.6 Å². The van der Waals surface area contributed by atoms with Crippen molar-refractivity contribution < 1.29 is 12.8 Å². The Balaban J connectivity index is 2.26. The zero-order valence-corrected chi connectivity index (χ0v) is 9.04. The molecule has 5 heteroatoms. The van der Waals surface area contributed by atoms with Crippen molar-refractivity contribution in [1.82, 2.24) is 0 Å². The van der Waals surface area contributed by atoms with Crippen LogP contribution in [-0.2, 0) is 9.84 Å². The Labute approximate surface area is 88.0 Å². The van der Waals surface area contributed by atoms with Crippen LogP contribution in [0.5, 0.6) is 0 Å². The van der Waals surface area contributed by atoms with Gasteiger partial charge < -0.3 is 5.73 Å². The third-order valence-corrected chi connectivity index (χ3v) is 4.35. The first-order valence-electron chi connectivity index (χ1n) is 4.61. The minimum Gasteiger partial charge on any atom is -0.326 e. The summed E-state index contributed by atoms with van der Waals surface area (Å²) >= 11 is 0. The smallest absolute Gasteiger partial charge is 0.152 e. The van der Waals surface area contributed by atoms with Gasteiger partial charge in [-0.1, -0.05) is 12.1 Å². The highest BCUT2D eigenvalue weighted by Gasteiger charge is 2.54. The number of hydrogen-bond donors (Lipinski definition) is 1. The second-order valence-corrected chi connectivity index (χ2v) is 6.15. The number of nitrogens with two attached hydrogens (primary N) is 1. The van der Waals surface area contributed by atoms with Gasteiger partial charge in [0.05, 0.1) is 5.25 Å². The molecule has 3 atom stereocenters. The van der Waals surface area contributed by atoms with Crippen molar-refractivity contribution in [2.24, 2.45) is 5.73 Å². The Hall–Kier alpha value is -0.940. The lowest BCUT2D eigenvalue weighted by atomic mass is 10.1. The largest absolute Gasteiger partial charge is 0.326 e. The van der Waals surface area contributed by atoms with Gasteiger partial charge in [0.1, 0.15) is 5.82 Å². The highest BCUT2D eigenvalue weighted by molar-refractivity contribution is 7.91. The van der Waals surface area contributed by atoms with Gasteiger partial charge in [-0.3, -0.25) is 0 Å². The first kappa shape index (κ1) is 10.6. The monoisotopic (exact) mass is 229 g/mol. The molecule has 0 spiro atoms. The molecule has 15 heavy (non-hydrogen) atoms. The lowest BCUT2D eigenvalue weighted by Gasteiger charge is -1.98. The number of rotatable bonds is 2. The van der Waals surface area contributed by atoms with E-state index in [1.165, 1.54) is 18.4 Å². The highest BCUT2D eigenvalue weighted by atomic mass is 32.2. The van der Waals surface area contributed by atoms with Crippen LogP contribution in [0.2, 0.25) is 0 Å². The molecule has 1 aliphatic rings.